The number of hydrogen-bond acceptors (Lipinski definition) is 17. The molecule has 14 atom stereocenters. The van der Waals surface area contributed by atoms with Crippen molar-refractivity contribution in [3.05, 3.63) is 51.6 Å². The standard InChI is InChI=1S/C41H49NO16/c1-15-21(44)12-23-40(54-15)58-38-17(3)53-26(13-22(38)55-23)57-37-16(2)52-25(11-19(37)42(5)6)56-24-14-41(4,50)32(39(49)51-7)29-28(24)35(47)31-30(36(29)48)33(45)18-9-8-10-20(43)27(18)34(31)46/h8-10,15-17,19,22-26,32,37-38,40,43,47-48,50H,11-14H2,1-7H3/t15?,16?,17?,19?,22?,23?,24-,25?,26?,32-,37?,38?,40?,41+/m0/s1. The number of likely N-dealkylation sites (N-methyl/N-ethyl adjacent to an activating group) is 1. The van der Waals surface area contributed by atoms with Crippen LogP contribution in [0, 0.1) is 0 Å². The quantitative estimate of drug-likeness (QED) is 0.207. The van der Waals surface area contributed by atoms with Crippen LogP contribution in [0.15, 0.2) is 18.2 Å². The molecule has 0 saturated carbocycles. The third-order valence-corrected chi connectivity index (χ3v) is 12.4. The number of fused-ring (bicyclic) bond motifs is 5. The lowest BCUT2D eigenvalue weighted by Gasteiger charge is -2.51. The van der Waals surface area contributed by atoms with Crippen LogP contribution in [-0.4, -0.2) is 143 Å². The van der Waals surface area contributed by atoms with Crippen molar-refractivity contribution in [2.24, 2.45) is 0 Å². The number of ether oxygens (including phenoxy) is 8. The van der Waals surface area contributed by atoms with E-state index in [4.69, 9.17) is 37.9 Å². The first kappa shape index (κ1) is 40.7. The second kappa shape index (κ2) is 14.9. The van der Waals surface area contributed by atoms with Gasteiger partial charge in [-0.05, 0) is 47.9 Å². The van der Waals surface area contributed by atoms with Crippen molar-refractivity contribution >= 4 is 23.3 Å². The van der Waals surface area contributed by atoms with E-state index in [2.05, 4.69) is 0 Å². The molecule has 8 rings (SSSR count). The van der Waals surface area contributed by atoms with Crippen LogP contribution in [0.4, 0.5) is 0 Å². The number of esters is 1. The highest BCUT2D eigenvalue weighted by Gasteiger charge is 2.55. The summed E-state index contributed by atoms with van der Waals surface area (Å²) in [6.07, 6.45) is -6.93. The van der Waals surface area contributed by atoms with Crippen LogP contribution in [0.2, 0.25) is 0 Å². The van der Waals surface area contributed by atoms with Gasteiger partial charge in [-0.15, -0.1) is 0 Å². The normalized spacial score (nSPS) is 38.3. The molecular weight excluding hydrogens is 762 g/mol. The molecule has 4 N–H and O–H groups in total. The molecule has 17 nitrogen and oxygen atoms in total. The first-order valence-electron chi connectivity index (χ1n) is 19.5. The van der Waals surface area contributed by atoms with Gasteiger partial charge in [0.05, 0.1) is 53.8 Å². The molecule has 4 saturated heterocycles. The predicted molar refractivity (Wildman–Crippen MR) is 196 cm³/mol. The largest absolute Gasteiger partial charge is 0.507 e. The van der Waals surface area contributed by atoms with Gasteiger partial charge in [-0.1, -0.05) is 12.1 Å². The van der Waals surface area contributed by atoms with E-state index in [9.17, 15) is 39.6 Å². The molecule has 58 heavy (non-hydrogen) atoms. The van der Waals surface area contributed by atoms with Crippen LogP contribution in [-0.2, 0) is 47.5 Å². The first-order valence-corrected chi connectivity index (χ1v) is 19.5. The number of benzene rings is 2. The van der Waals surface area contributed by atoms with E-state index in [0.717, 1.165) is 7.11 Å². The number of aromatic hydroxyl groups is 3. The molecule has 11 unspecified atom stereocenters. The van der Waals surface area contributed by atoms with E-state index in [1.54, 1.807) is 13.8 Å². The Hall–Kier alpha value is -4.04. The molecule has 0 amide bonds. The van der Waals surface area contributed by atoms with Gasteiger partial charge in [-0.2, -0.15) is 0 Å². The van der Waals surface area contributed by atoms with Gasteiger partial charge in [0, 0.05) is 48.4 Å². The molecule has 4 fully saturated rings. The van der Waals surface area contributed by atoms with Gasteiger partial charge in [-0.3, -0.25) is 19.2 Å². The lowest BCUT2D eigenvalue weighted by Crippen LogP contribution is -2.62. The van der Waals surface area contributed by atoms with Gasteiger partial charge in [0.2, 0.25) is 5.78 Å². The maximum absolute atomic E-state index is 13.9. The summed E-state index contributed by atoms with van der Waals surface area (Å²) in [6.45, 7) is 6.70. The SMILES string of the molecule is COC(=O)[C@@H]1c2c(O)c3c(c(O)c2[C@@H](OC2CC(N(C)C)C(OC4CC5OC6CC(=O)C(C)OC6OC5C(C)O4)C(C)O2)C[C@@]1(C)O)C(=O)c1c(O)cccc1C3=O. The fourth-order valence-electron chi connectivity index (χ4n) is 9.58. The molecule has 6 aliphatic rings. The number of rotatable bonds is 6. The van der Waals surface area contributed by atoms with Crippen LogP contribution >= 0.6 is 0 Å². The minimum atomic E-state index is -1.96. The lowest BCUT2D eigenvalue weighted by molar-refractivity contribution is -0.371. The van der Waals surface area contributed by atoms with Gasteiger partial charge >= 0.3 is 5.97 Å². The van der Waals surface area contributed by atoms with E-state index in [1.165, 1.54) is 25.1 Å². The highest BCUT2D eigenvalue weighted by molar-refractivity contribution is 6.31. The number of phenolic OH excluding ortho intramolecular Hbond substituents is 3. The van der Waals surface area contributed by atoms with E-state index in [1.807, 2.05) is 25.9 Å². The van der Waals surface area contributed by atoms with Gasteiger partial charge in [-0.25, -0.2) is 0 Å². The molecule has 17 heteroatoms. The topological polar surface area (TPSA) is 226 Å². The van der Waals surface area contributed by atoms with Crippen LogP contribution in [0.25, 0.3) is 0 Å². The Balaban J connectivity index is 1.07. The number of methoxy groups -OCH3 is 1. The third kappa shape index (κ3) is 6.60. The summed E-state index contributed by atoms with van der Waals surface area (Å²) in [7, 11) is 4.82. The Morgan fingerprint density at radius 2 is 1.50 bits per heavy atom. The monoisotopic (exact) mass is 811 g/mol. The zero-order chi connectivity index (χ0) is 41.7. The molecule has 0 bridgehead atoms. The van der Waals surface area contributed by atoms with Crippen molar-refractivity contribution in [1.29, 1.82) is 0 Å². The summed E-state index contributed by atoms with van der Waals surface area (Å²) < 4.78 is 49.2. The smallest absolute Gasteiger partial charge is 0.316 e. The Morgan fingerprint density at radius 1 is 0.828 bits per heavy atom. The van der Waals surface area contributed by atoms with Crippen LogP contribution in [0.3, 0.4) is 0 Å². The number of aliphatic hydroxyl groups is 1. The number of carbonyl (C=O) groups excluding carboxylic acids is 4. The second-order valence-corrected chi connectivity index (χ2v) is 16.6. The van der Waals surface area contributed by atoms with Crippen molar-refractivity contribution in [1.82, 2.24) is 4.90 Å². The molecule has 2 aliphatic carbocycles. The van der Waals surface area contributed by atoms with Crippen molar-refractivity contribution in [3.8, 4) is 17.2 Å². The molecule has 4 heterocycles. The highest BCUT2D eigenvalue weighted by atomic mass is 16.8. The Bertz CT molecular complexity index is 2030. The minimum Gasteiger partial charge on any atom is -0.507 e. The predicted octanol–water partition coefficient (Wildman–Crippen LogP) is 2.49. The fraction of sp³-hybridized carbons (Fsp3) is 0.610. The van der Waals surface area contributed by atoms with Crippen molar-refractivity contribution < 1.29 is 77.5 Å². The zero-order valence-corrected chi connectivity index (χ0v) is 33.2. The van der Waals surface area contributed by atoms with Gasteiger partial charge in [0.25, 0.3) is 0 Å². The maximum Gasteiger partial charge on any atom is 0.316 e. The molecule has 4 aliphatic heterocycles. The lowest BCUT2D eigenvalue weighted by atomic mass is 9.68. The summed E-state index contributed by atoms with van der Waals surface area (Å²) >= 11 is 0. The molecule has 0 spiro atoms. The number of ketones is 3. The zero-order valence-electron chi connectivity index (χ0n) is 33.2. The Labute approximate surface area is 334 Å². The van der Waals surface area contributed by atoms with E-state index >= 15 is 0 Å². The van der Waals surface area contributed by atoms with E-state index in [-0.39, 0.29) is 53.3 Å². The summed E-state index contributed by atoms with van der Waals surface area (Å²) in [5.74, 6) is -6.48. The van der Waals surface area contributed by atoms with Crippen molar-refractivity contribution in [2.45, 2.75) is 139 Å². The van der Waals surface area contributed by atoms with Crippen LogP contribution < -0.4 is 0 Å². The highest BCUT2D eigenvalue weighted by Crippen LogP contribution is 2.57. The van der Waals surface area contributed by atoms with Gasteiger partial charge in [0.15, 0.2) is 30.4 Å². The number of Topliss-reactive ketones (excluding diaryl/α,β-unsaturated/α-hetero) is 1. The van der Waals surface area contributed by atoms with Crippen molar-refractivity contribution in [2.75, 3.05) is 21.2 Å². The van der Waals surface area contributed by atoms with Crippen LogP contribution in [0.1, 0.15) is 108 Å². The fourth-order valence-corrected chi connectivity index (χ4v) is 9.58. The molecule has 2 aromatic rings. The number of phenols is 3. The van der Waals surface area contributed by atoms with Gasteiger partial charge in [0.1, 0.15) is 47.6 Å². The molecule has 314 valence electrons. The van der Waals surface area contributed by atoms with E-state index in [0.29, 0.717) is 6.42 Å². The number of hydrogen-bond donors (Lipinski definition) is 4. The Morgan fingerprint density at radius 3 is 2.21 bits per heavy atom. The molecule has 2 aromatic carbocycles. The summed E-state index contributed by atoms with van der Waals surface area (Å²) in [6, 6.07) is 3.53. The number of carbonyl (C=O) groups is 4. The Kier molecular flexibility index (Phi) is 10.5. The summed E-state index contributed by atoms with van der Waals surface area (Å²) in [5, 5.41) is 46.2. The molecule has 0 radical (unpaired) electrons. The molecule has 0 aromatic heterocycles. The van der Waals surface area contributed by atoms with Crippen molar-refractivity contribution in [3.63, 3.8) is 0 Å². The van der Waals surface area contributed by atoms with Crippen LogP contribution in [0.5, 0.6) is 17.2 Å². The summed E-state index contributed by atoms with van der Waals surface area (Å²) in [5.41, 5.74) is -4.20. The second-order valence-electron chi connectivity index (χ2n) is 16.6. The maximum atomic E-state index is 13.9. The first-order chi connectivity index (χ1) is 27.4. The average Bonchev–Trinajstić information content (AvgIpc) is 3.15. The minimum absolute atomic E-state index is 0.0559. The average molecular weight is 812 g/mol. The summed E-state index contributed by atoms with van der Waals surface area (Å²) in [4.78, 5) is 55.4. The third-order valence-electron chi connectivity index (χ3n) is 12.4. The molecular formula is C41H49NO16. The number of nitrogens with zero attached hydrogens (tertiary/aromatic N) is 1. The van der Waals surface area contributed by atoms with E-state index < -0.39 is 125 Å². The van der Waals surface area contributed by atoms with Gasteiger partial charge < -0.3 is 63.2 Å².